The quantitative estimate of drug-likeness (QED) is 0.672. The Balaban J connectivity index is 2.07. The number of aromatic nitrogens is 1. The first-order chi connectivity index (χ1) is 8.16. The Kier molecular flexibility index (Phi) is 3.34. The van der Waals surface area contributed by atoms with Gasteiger partial charge in [-0.3, -0.25) is 4.98 Å². The van der Waals surface area contributed by atoms with Gasteiger partial charge in [-0.25, -0.2) is 9.18 Å². The lowest BCUT2D eigenvalue weighted by Crippen LogP contribution is -2.08. The monoisotopic (exact) mass is 252 g/mol. The lowest BCUT2D eigenvalue weighted by atomic mass is 10.2. The molecule has 1 aromatic heterocycles. The molecule has 0 spiro atoms. The molecule has 2 aromatic rings. The van der Waals surface area contributed by atoms with E-state index in [9.17, 15) is 9.18 Å². The molecule has 0 radical (unpaired) electrons. The molecular weight excluding hydrogens is 243 g/mol. The Morgan fingerprint density at radius 3 is 3.06 bits per heavy atom. The van der Waals surface area contributed by atoms with Crippen molar-refractivity contribution >= 4 is 23.0 Å². The van der Waals surface area contributed by atoms with Crippen LogP contribution < -0.4 is 5.73 Å². The lowest BCUT2D eigenvalue weighted by molar-refractivity contribution is 0.0477. The minimum Gasteiger partial charge on any atom is -0.456 e. The maximum absolute atomic E-state index is 12.9. The number of hydrogen-bond donors (Lipinski definition) is 1. The van der Waals surface area contributed by atoms with Crippen LogP contribution in [0.25, 0.3) is 0 Å². The Morgan fingerprint density at radius 2 is 2.35 bits per heavy atom. The third-order valence-electron chi connectivity index (χ3n) is 2.06. The van der Waals surface area contributed by atoms with Gasteiger partial charge in [0.25, 0.3) is 0 Å². The molecule has 0 aliphatic rings. The summed E-state index contributed by atoms with van der Waals surface area (Å²) in [6.45, 7) is 0.111. The number of rotatable bonds is 3. The molecule has 1 aromatic carbocycles. The molecule has 0 bridgehead atoms. The number of nitrogens with zero attached hydrogens (tertiary/aromatic N) is 1. The van der Waals surface area contributed by atoms with Gasteiger partial charge in [-0.05, 0) is 18.2 Å². The summed E-state index contributed by atoms with van der Waals surface area (Å²) in [5.74, 6) is -1.17. The number of esters is 1. The number of anilines is 1. The van der Waals surface area contributed by atoms with E-state index in [0.29, 0.717) is 0 Å². The molecule has 2 N–H and O–H groups in total. The van der Waals surface area contributed by atoms with Crippen molar-refractivity contribution in [2.24, 2.45) is 0 Å². The van der Waals surface area contributed by atoms with Gasteiger partial charge in [-0.2, -0.15) is 0 Å². The molecule has 0 saturated carbocycles. The summed E-state index contributed by atoms with van der Waals surface area (Å²) in [5, 5.41) is 0. The fourth-order valence-electron chi connectivity index (χ4n) is 1.23. The van der Waals surface area contributed by atoms with Gasteiger partial charge in [0.15, 0.2) is 0 Å². The summed E-state index contributed by atoms with van der Waals surface area (Å²) >= 11 is 1.37. The number of carbonyl (C=O) groups excluding carboxylic acids is 1. The average molecular weight is 252 g/mol. The molecule has 0 unspecified atom stereocenters. The second kappa shape index (κ2) is 4.92. The van der Waals surface area contributed by atoms with Gasteiger partial charge in [0.1, 0.15) is 12.4 Å². The van der Waals surface area contributed by atoms with Crippen LogP contribution in [-0.4, -0.2) is 11.0 Å². The molecule has 1 heterocycles. The van der Waals surface area contributed by atoms with Crippen LogP contribution >= 0.6 is 11.3 Å². The fourth-order valence-corrected chi connectivity index (χ4v) is 1.74. The van der Waals surface area contributed by atoms with Gasteiger partial charge in [0.2, 0.25) is 0 Å². The SMILES string of the molecule is Nc1ccc(F)cc1C(=O)OCc1cncs1. The summed E-state index contributed by atoms with van der Waals surface area (Å²) in [4.78, 5) is 16.3. The van der Waals surface area contributed by atoms with Crippen LogP contribution in [0.2, 0.25) is 0 Å². The van der Waals surface area contributed by atoms with Gasteiger partial charge < -0.3 is 10.5 Å². The van der Waals surface area contributed by atoms with Crippen molar-refractivity contribution in [1.29, 1.82) is 0 Å². The highest BCUT2D eigenvalue weighted by Crippen LogP contribution is 2.16. The van der Waals surface area contributed by atoms with Gasteiger partial charge in [-0.1, -0.05) is 0 Å². The minimum absolute atomic E-state index is 0.0366. The van der Waals surface area contributed by atoms with E-state index in [1.807, 2.05) is 0 Å². The van der Waals surface area contributed by atoms with E-state index in [1.165, 1.54) is 23.5 Å². The van der Waals surface area contributed by atoms with Crippen LogP contribution in [0.3, 0.4) is 0 Å². The molecule has 0 saturated heterocycles. The van der Waals surface area contributed by atoms with E-state index in [4.69, 9.17) is 10.5 Å². The first kappa shape index (κ1) is 11.5. The maximum atomic E-state index is 12.9. The second-order valence-electron chi connectivity index (χ2n) is 3.28. The van der Waals surface area contributed by atoms with Crippen LogP contribution in [0.5, 0.6) is 0 Å². The van der Waals surface area contributed by atoms with Crippen molar-refractivity contribution in [3.8, 4) is 0 Å². The molecule has 0 amide bonds. The third kappa shape index (κ3) is 2.79. The zero-order chi connectivity index (χ0) is 12.3. The lowest BCUT2D eigenvalue weighted by Gasteiger charge is -2.05. The highest BCUT2D eigenvalue weighted by molar-refractivity contribution is 7.09. The van der Waals surface area contributed by atoms with Gasteiger partial charge in [0, 0.05) is 11.9 Å². The predicted octanol–water partition coefficient (Wildman–Crippen LogP) is 2.22. The molecule has 0 aliphatic heterocycles. The molecule has 4 nitrogen and oxygen atoms in total. The average Bonchev–Trinajstić information content (AvgIpc) is 2.82. The number of nitrogens with two attached hydrogens (primary N) is 1. The maximum Gasteiger partial charge on any atom is 0.340 e. The molecule has 0 atom stereocenters. The normalized spacial score (nSPS) is 10.2. The zero-order valence-corrected chi connectivity index (χ0v) is 9.54. The molecule has 6 heteroatoms. The Bertz CT molecular complexity index is 528. The fraction of sp³-hybridized carbons (Fsp3) is 0.0909. The summed E-state index contributed by atoms with van der Waals surface area (Å²) in [5.41, 5.74) is 7.43. The van der Waals surface area contributed by atoms with Gasteiger partial charge >= 0.3 is 5.97 Å². The largest absolute Gasteiger partial charge is 0.456 e. The Morgan fingerprint density at radius 1 is 1.53 bits per heavy atom. The molecule has 2 rings (SSSR count). The minimum atomic E-state index is -0.643. The topological polar surface area (TPSA) is 65.2 Å². The smallest absolute Gasteiger partial charge is 0.340 e. The first-order valence-corrected chi connectivity index (χ1v) is 5.64. The van der Waals surface area contributed by atoms with Gasteiger partial charge in [-0.15, -0.1) is 11.3 Å². The first-order valence-electron chi connectivity index (χ1n) is 4.76. The summed E-state index contributed by atoms with van der Waals surface area (Å²) in [7, 11) is 0. The van der Waals surface area contributed by atoms with E-state index in [-0.39, 0.29) is 17.9 Å². The zero-order valence-electron chi connectivity index (χ0n) is 8.72. The highest BCUT2D eigenvalue weighted by Gasteiger charge is 2.12. The summed E-state index contributed by atoms with van der Waals surface area (Å²) in [6.07, 6.45) is 1.60. The van der Waals surface area contributed by atoms with Crippen LogP contribution in [0.1, 0.15) is 15.2 Å². The predicted molar refractivity (Wildman–Crippen MR) is 62.0 cm³/mol. The van der Waals surface area contributed by atoms with Crippen LogP contribution in [0.15, 0.2) is 29.9 Å². The summed E-state index contributed by atoms with van der Waals surface area (Å²) in [6, 6.07) is 3.58. The Hall–Kier alpha value is -1.95. The van der Waals surface area contributed by atoms with E-state index >= 15 is 0 Å². The number of carbonyl (C=O) groups is 1. The third-order valence-corrected chi connectivity index (χ3v) is 2.82. The molecule has 0 aliphatic carbocycles. The molecular formula is C11H9FN2O2S. The van der Waals surface area contributed by atoms with Crippen molar-refractivity contribution in [3.63, 3.8) is 0 Å². The Labute approximate surface area is 101 Å². The van der Waals surface area contributed by atoms with E-state index < -0.39 is 11.8 Å². The number of benzene rings is 1. The van der Waals surface area contributed by atoms with Crippen molar-refractivity contribution < 1.29 is 13.9 Å². The molecule has 88 valence electrons. The van der Waals surface area contributed by atoms with Crippen LogP contribution in [-0.2, 0) is 11.3 Å². The number of halogens is 1. The number of thiazole rings is 1. The van der Waals surface area contributed by atoms with Crippen molar-refractivity contribution in [3.05, 3.63) is 46.2 Å². The standard InChI is InChI=1S/C11H9FN2O2S/c12-7-1-2-10(13)9(3-7)11(15)16-5-8-4-14-6-17-8/h1-4,6H,5,13H2. The van der Waals surface area contributed by atoms with Crippen LogP contribution in [0, 0.1) is 5.82 Å². The summed E-state index contributed by atoms with van der Waals surface area (Å²) < 4.78 is 17.9. The number of ether oxygens (including phenoxy) is 1. The van der Waals surface area contributed by atoms with E-state index in [0.717, 1.165) is 10.9 Å². The van der Waals surface area contributed by atoms with Crippen molar-refractivity contribution in [2.45, 2.75) is 6.61 Å². The van der Waals surface area contributed by atoms with Crippen molar-refractivity contribution in [1.82, 2.24) is 4.98 Å². The van der Waals surface area contributed by atoms with E-state index in [1.54, 1.807) is 11.7 Å². The number of nitrogen functional groups attached to an aromatic ring is 1. The number of hydrogen-bond acceptors (Lipinski definition) is 5. The van der Waals surface area contributed by atoms with Crippen molar-refractivity contribution in [2.75, 3.05) is 5.73 Å². The molecule has 0 fully saturated rings. The van der Waals surface area contributed by atoms with E-state index in [2.05, 4.69) is 4.98 Å². The van der Waals surface area contributed by atoms with Gasteiger partial charge in [0.05, 0.1) is 16.0 Å². The second-order valence-corrected chi connectivity index (χ2v) is 4.25. The van der Waals surface area contributed by atoms with Crippen LogP contribution in [0.4, 0.5) is 10.1 Å². The highest BCUT2D eigenvalue weighted by atomic mass is 32.1. The molecule has 17 heavy (non-hydrogen) atoms.